The van der Waals surface area contributed by atoms with Crippen molar-refractivity contribution in [1.29, 1.82) is 0 Å². The van der Waals surface area contributed by atoms with Gasteiger partial charge in [0.15, 0.2) is 0 Å². The van der Waals surface area contributed by atoms with Crippen molar-refractivity contribution < 1.29 is 23.8 Å². The lowest BCUT2D eigenvalue weighted by Gasteiger charge is -2.40. The zero-order chi connectivity index (χ0) is 14.4. The van der Waals surface area contributed by atoms with Crippen LogP contribution >= 0.6 is 0 Å². The molecule has 1 fully saturated rings. The van der Waals surface area contributed by atoms with Crippen LogP contribution in [0.15, 0.2) is 11.8 Å². The summed E-state index contributed by atoms with van der Waals surface area (Å²) in [4.78, 5) is 25.3. The molecule has 1 rings (SSSR count). The third kappa shape index (κ3) is 3.96. The Morgan fingerprint density at radius 3 is 2.37 bits per heavy atom. The second kappa shape index (κ2) is 7.13. The van der Waals surface area contributed by atoms with E-state index in [9.17, 15) is 9.59 Å². The average molecular weight is 271 g/mol. The first-order valence-electron chi connectivity index (χ1n) is 6.34. The molecular formula is C13H21NO5. The Morgan fingerprint density at radius 2 is 1.89 bits per heavy atom. The molecule has 0 radical (unpaired) electrons. The van der Waals surface area contributed by atoms with Gasteiger partial charge in [0.1, 0.15) is 5.70 Å². The Morgan fingerprint density at radius 1 is 1.32 bits per heavy atom. The maximum Gasteiger partial charge on any atom is 0.354 e. The predicted octanol–water partition coefficient (Wildman–Crippen LogP) is 0.716. The quantitative estimate of drug-likeness (QED) is 0.554. The molecule has 1 heterocycles. The van der Waals surface area contributed by atoms with Gasteiger partial charge in [-0.2, -0.15) is 0 Å². The van der Waals surface area contributed by atoms with E-state index in [2.05, 4.69) is 4.74 Å². The van der Waals surface area contributed by atoms with Gasteiger partial charge in [-0.3, -0.25) is 0 Å². The van der Waals surface area contributed by atoms with Crippen molar-refractivity contribution in [3.8, 4) is 0 Å². The molecule has 0 amide bonds. The summed E-state index contributed by atoms with van der Waals surface area (Å²) in [7, 11) is 1.27. The van der Waals surface area contributed by atoms with Crippen LogP contribution in [0.1, 0.15) is 20.8 Å². The molecule has 108 valence electrons. The smallest absolute Gasteiger partial charge is 0.354 e. The monoisotopic (exact) mass is 271 g/mol. The third-order valence-corrected chi connectivity index (χ3v) is 2.89. The number of morpholine rings is 1. The molecule has 1 aliphatic rings. The molecule has 0 aliphatic carbocycles. The van der Waals surface area contributed by atoms with E-state index in [0.29, 0.717) is 13.2 Å². The number of ether oxygens (including phenoxy) is 3. The highest BCUT2D eigenvalue weighted by molar-refractivity contribution is 5.95. The van der Waals surface area contributed by atoms with E-state index in [1.165, 1.54) is 13.2 Å². The molecule has 0 aromatic heterocycles. The van der Waals surface area contributed by atoms with Gasteiger partial charge in [-0.25, -0.2) is 9.59 Å². The first kappa shape index (κ1) is 15.5. The Balaban J connectivity index is 3.03. The summed E-state index contributed by atoms with van der Waals surface area (Å²) >= 11 is 0. The number of carbonyl (C=O) groups excluding carboxylic acids is 2. The van der Waals surface area contributed by atoms with E-state index >= 15 is 0 Å². The highest BCUT2D eigenvalue weighted by Gasteiger charge is 2.31. The van der Waals surface area contributed by atoms with Crippen molar-refractivity contribution in [1.82, 2.24) is 4.90 Å². The van der Waals surface area contributed by atoms with Gasteiger partial charge in [-0.05, 0) is 20.8 Å². The highest BCUT2D eigenvalue weighted by Crippen LogP contribution is 2.20. The lowest BCUT2D eigenvalue weighted by atomic mass is 10.1. The highest BCUT2D eigenvalue weighted by atomic mass is 16.5. The summed E-state index contributed by atoms with van der Waals surface area (Å²) in [5.41, 5.74) is 0.219. The van der Waals surface area contributed by atoms with Crippen LogP contribution in [0.25, 0.3) is 0 Å². The topological polar surface area (TPSA) is 65.1 Å². The minimum Gasteiger partial charge on any atom is -0.466 e. The molecule has 6 heteroatoms. The number of carbonyl (C=O) groups is 2. The van der Waals surface area contributed by atoms with Gasteiger partial charge in [0, 0.05) is 0 Å². The van der Waals surface area contributed by atoms with Crippen LogP contribution in [0.4, 0.5) is 0 Å². The number of esters is 2. The third-order valence-electron chi connectivity index (χ3n) is 2.89. The van der Waals surface area contributed by atoms with Gasteiger partial charge < -0.3 is 19.1 Å². The molecule has 0 aromatic carbocycles. The predicted molar refractivity (Wildman–Crippen MR) is 68.3 cm³/mol. The minimum absolute atomic E-state index is 0.0101. The van der Waals surface area contributed by atoms with E-state index in [1.807, 2.05) is 18.7 Å². The van der Waals surface area contributed by atoms with E-state index in [-0.39, 0.29) is 24.4 Å². The SMILES string of the molecule is CCOC(=O)/C(=C/C(=O)OC)N1[C@@H](C)COC[C@@H]1C. The van der Waals surface area contributed by atoms with Gasteiger partial charge in [0.25, 0.3) is 0 Å². The number of hydrogen-bond acceptors (Lipinski definition) is 6. The Labute approximate surface area is 113 Å². The van der Waals surface area contributed by atoms with Gasteiger partial charge in [-0.15, -0.1) is 0 Å². The van der Waals surface area contributed by atoms with Crippen molar-refractivity contribution in [3.63, 3.8) is 0 Å². The Hall–Kier alpha value is -1.56. The van der Waals surface area contributed by atoms with Crippen molar-refractivity contribution in [3.05, 3.63) is 11.8 Å². The summed E-state index contributed by atoms with van der Waals surface area (Å²) in [6.45, 7) is 6.84. The molecule has 0 saturated carbocycles. The molecule has 1 saturated heterocycles. The maximum atomic E-state index is 12.0. The van der Waals surface area contributed by atoms with E-state index < -0.39 is 11.9 Å². The Kier molecular flexibility index (Phi) is 5.82. The molecule has 2 atom stereocenters. The van der Waals surface area contributed by atoms with Gasteiger partial charge in [-0.1, -0.05) is 0 Å². The molecular weight excluding hydrogens is 250 g/mol. The zero-order valence-corrected chi connectivity index (χ0v) is 11.8. The molecule has 6 nitrogen and oxygen atoms in total. The average Bonchev–Trinajstić information content (AvgIpc) is 2.37. The maximum absolute atomic E-state index is 12.0. The number of nitrogens with zero attached hydrogens (tertiary/aromatic N) is 1. The molecule has 19 heavy (non-hydrogen) atoms. The molecule has 1 aliphatic heterocycles. The fourth-order valence-corrected chi connectivity index (χ4v) is 2.09. The van der Waals surface area contributed by atoms with Crippen molar-refractivity contribution in [2.75, 3.05) is 26.9 Å². The summed E-state index contributed by atoms with van der Waals surface area (Å²) in [5.74, 6) is -1.09. The van der Waals surface area contributed by atoms with Crippen molar-refractivity contribution in [2.24, 2.45) is 0 Å². The van der Waals surface area contributed by atoms with E-state index in [1.54, 1.807) is 6.92 Å². The summed E-state index contributed by atoms with van der Waals surface area (Å²) < 4.78 is 15.0. The number of methoxy groups -OCH3 is 1. The van der Waals surface area contributed by atoms with Crippen LogP contribution in [0, 0.1) is 0 Å². The lowest BCUT2D eigenvalue weighted by molar-refractivity contribution is -0.144. The van der Waals surface area contributed by atoms with Gasteiger partial charge >= 0.3 is 11.9 Å². The van der Waals surface area contributed by atoms with Crippen molar-refractivity contribution >= 4 is 11.9 Å². The molecule has 0 spiro atoms. The summed E-state index contributed by atoms with van der Waals surface area (Å²) in [5, 5.41) is 0. The molecule has 0 unspecified atom stereocenters. The standard InChI is InChI=1S/C13H21NO5/c1-5-19-13(16)11(6-12(15)17-4)14-9(2)7-18-8-10(14)3/h6,9-10H,5,7-8H2,1-4H3/b11-6-/t9-,10-/m0/s1. The lowest BCUT2D eigenvalue weighted by Crippen LogP contribution is -2.50. The van der Waals surface area contributed by atoms with Crippen LogP contribution < -0.4 is 0 Å². The normalized spacial score (nSPS) is 24.0. The minimum atomic E-state index is -0.575. The Bertz CT molecular complexity index is 356. The fourth-order valence-electron chi connectivity index (χ4n) is 2.09. The second-order valence-electron chi connectivity index (χ2n) is 4.42. The molecule has 0 aromatic rings. The van der Waals surface area contributed by atoms with E-state index in [0.717, 1.165) is 0 Å². The van der Waals surface area contributed by atoms with Crippen LogP contribution in [0.2, 0.25) is 0 Å². The van der Waals surface area contributed by atoms with Crippen molar-refractivity contribution in [2.45, 2.75) is 32.9 Å². The number of rotatable bonds is 4. The van der Waals surface area contributed by atoms with Gasteiger partial charge in [0.05, 0.1) is 45.1 Å². The first-order valence-corrected chi connectivity index (χ1v) is 6.34. The fraction of sp³-hybridized carbons (Fsp3) is 0.692. The zero-order valence-electron chi connectivity index (χ0n) is 11.8. The van der Waals surface area contributed by atoms with Gasteiger partial charge in [0.2, 0.25) is 0 Å². The van der Waals surface area contributed by atoms with E-state index in [4.69, 9.17) is 9.47 Å². The van der Waals surface area contributed by atoms with Crippen LogP contribution in [0.5, 0.6) is 0 Å². The molecule has 0 N–H and O–H groups in total. The van der Waals surface area contributed by atoms with Crippen LogP contribution in [0.3, 0.4) is 0 Å². The summed E-state index contributed by atoms with van der Waals surface area (Å²) in [6, 6.07) is -0.0203. The molecule has 0 bridgehead atoms. The first-order chi connectivity index (χ1) is 9.01. The second-order valence-corrected chi connectivity index (χ2v) is 4.42. The van der Waals surface area contributed by atoms with Crippen LogP contribution in [-0.4, -0.2) is 55.9 Å². The van der Waals surface area contributed by atoms with Crippen LogP contribution in [-0.2, 0) is 23.8 Å². The largest absolute Gasteiger partial charge is 0.466 e. The summed E-state index contributed by atoms with van der Waals surface area (Å²) in [6.07, 6.45) is 1.18. The number of hydrogen-bond donors (Lipinski definition) is 0.